The SMILES string of the molecule is COc1cccc(C(CN)Cc2ccc(Cl)cc2)c1. The molecule has 0 fully saturated rings. The number of rotatable bonds is 5. The molecule has 2 nitrogen and oxygen atoms in total. The van der Waals surface area contributed by atoms with Crippen LogP contribution in [0, 0.1) is 0 Å². The van der Waals surface area contributed by atoms with Gasteiger partial charge in [0.2, 0.25) is 0 Å². The predicted molar refractivity (Wildman–Crippen MR) is 79.9 cm³/mol. The molecule has 0 saturated carbocycles. The van der Waals surface area contributed by atoms with E-state index in [9.17, 15) is 0 Å². The Bertz CT molecular complexity index is 525. The normalized spacial score (nSPS) is 12.2. The smallest absolute Gasteiger partial charge is 0.119 e. The van der Waals surface area contributed by atoms with Gasteiger partial charge in [-0.25, -0.2) is 0 Å². The molecule has 0 aliphatic rings. The number of halogens is 1. The van der Waals surface area contributed by atoms with Crippen molar-refractivity contribution in [2.45, 2.75) is 12.3 Å². The van der Waals surface area contributed by atoms with Gasteiger partial charge >= 0.3 is 0 Å². The topological polar surface area (TPSA) is 35.2 Å². The highest BCUT2D eigenvalue weighted by atomic mass is 35.5. The van der Waals surface area contributed by atoms with E-state index in [4.69, 9.17) is 22.1 Å². The molecule has 0 aliphatic heterocycles. The summed E-state index contributed by atoms with van der Waals surface area (Å²) < 4.78 is 5.26. The summed E-state index contributed by atoms with van der Waals surface area (Å²) in [7, 11) is 1.68. The highest BCUT2D eigenvalue weighted by Gasteiger charge is 2.11. The largest absolute Gasteiger partial charge is 0.497 e. The van der Waals surface area contributed by atoms with Crippen LogP contribution < -0.4 is 10.5 Å². The van der Waals surface area contributed by atoms with E-state index >= 15 is 0 Å². The summed E-state index contributed by atoms with van der Waals surface area (Å²) >= 11 is 5.90. The van der Waals surface area contributed by atoms with Crippen molar-refractivity contribution < 1.29 is 4.74 Å². The molecule has 0 saturated heterocycles. The number of hydrogen-bond acceptors (Lipinski definition) is 2. The van der Waals surface area contributed by atoms with E-state index in [-0.39, 0.29) is 5.92 Å². The quantitative estimate of drug-likeness (QED) is 0.904. The molecule has 2 rings (SSSR count). The monoisotopic (exact) mass is 275 g/mol. The van der Waals surface area contributed by atoms with E-state index in [0.29, 0.717) is 6.54 Å². The molecule has 2 aromatic carbocycles. The van der Waals surface area contributed by atoms with Crippen molar-refractivity contribution in [3.05, 3.63) is 64.7 Å². The van der Waals surface area contributed by atoms with Crippen LogP contribution in [0.15, 0.2) is 48.5 Å². The van der Waals surface area contributed by atoms with Gasteiger partial charge in [0.15, 0.2) is 0 Å². The molecular weight excluding hydrogens is 258 g/mol. The highest BCUT2D eigenvalue weighted by Crippen LogP contribution is 2.24. The van der Waals surface area contributed by atoms with Crippen molar-refractivity contribution in [3.63, 3.8) is 0 Å². The lowest BCUT2D eigenvalue weighted by molar-refractivity contribution is 0.413. The van der Waals surface area contributed by atoms with E-state index in [1.807, 2.05) is 42.5 Å². The van der Waals surface area contributed by atoms with Gasteiger partial charge in [0.1, 0.15) is 5.75 Å². The fourth-order valence-electron chi connectivity index (χ4n) is 2.14. The third kappa shape index (κ3) is 3.72. The van der Waals surface area contributed by atoms with E-state index in [0.717, 1.165) is 17.2 Å². The van der Waals surface area contributed by atoms with Crippen LogP contribution >= 0.6 is 11.6 Å². The maximum absolute atomic E-state index is 5.91. The summed E-state index contributed by atoms with van der Waals surface area (Å²) in [6.07, 6.45) is 0.904. The fourth-order valence-corrected chi connectivity index (χ4v) is 2.26. The number of benzene rings is 2. The second-order valence-corrected chi connectivity index (χ2v) is 4.98. The molecule has 0 aromatic heterocycles. The average molecular weight is 276 g/mol. The summed E-state index contributed by atoms with van der Waals surface area (Å²) in [4.78, 5) is 0. The molecule has 0 spiro atoms. The molecular formula is C16H18ClNO. The Morgan fingerprint density at radius 2 is 1.89 bits per heavy atom. The third-order valence-corrected chi connectivity index (χ3v) is 3.50. The molecule has 0 aliphatic carbocycles. The molecule has 0 heterocycles. The second kappa shape index (κ2) is 6.60. The van der Waals surface area contributed by atoms with Crippen molar-refractivity contribution in [1.29, 1.82) is 0 Å². The summed E-state index contributed by atoms with van der Waals surface area (Å²) in [6, 6.07) is 16.0. The average Bonchev–Trinajstić information content (AvgIpc) is 2.46. The Morgan fingerprint density at radius 3 is 2.53 bits per heavy atom. The molecule has 0 amide bonds. The Morgan fingerprint density at radius 1 is 1.16 bits per heavy atom. The first kappa shape index (κ1) is 13.9. The summed E-state index contributed by atoms with van der Waals surface area (Å²) in [6.45, 7) is 0.607. The van der Waals surface area contributed by atoms with Crippen molar-refractivity contribution in [1.82, 2.24) is 0 Å². The van der Waals surface area contributed by atoms with Crippen molar-refractivity contribution in [2.75, 3.05) is 13.7 Å². The van der Waals surface area contributed by atoms with Crippen molar-refractivity contribution in [3.8, 4) is 5.75 Å². The van der Waals surface area contributed by atoms with Gasteiger partial charge in [0.05, 0.1) is 7.11 Å². The van der Waals surface area contributed by atoms with Crippen molar-refractivity contribution >= 4 is 11.6 Å². The van der Waals surface area contributed by atoms with Crippen LogP contribution in [0.2, 0.25) is 5.02 Å². The van der Waals surface area contributed by atoms with Gasteiger partial charge in [0.25, 0.3) is 0 Å². The number of hydrogen-bond donors (Lipinski definition) is 1. The zero-order valence-corrected chi connectivity index (χ0v) is 11.7. The van der Waals surface area contributed by atoms with Crippen LogP contribution in [0.3, 0.4) is 0 Å². The Hall–Kier alpha value is -1.51. The molecule has 1 unspecified atom stereocenters. The Balaban J connectivity index is 2.17. The van der Waals surface area contributed by atoms with E-state index in [1.165, 1.54) is 11.1 Å². The number of nitrogens with two attached hydrogens (primary N) is 1. The molecule has 0 radical (unpaired) electrons. The first-order chi connectivity index (χ1) is 9.22. The van der Waals surface area contributed by atoms with Gasteiger partial charge in [-0.2, -0.15) is 0 Å². The number of methoxy groups -OCH3 is 1. The standard InChI is InChI=1S/C16H18ClNO/c1-19-16-4-2-3-13(10-16)14(11-18)9-12-5-7-15(17)8-6-12/h2-8,10,14H,9,11,18H2,1H3. The molecule has 2 aromatic rings. The Labute approximate surface area is 119 Å². The maximum atomic E-state index is 5.91. The minimum absolute atomic E-state index is 0.288. The number of ether oxygens (including phenoxy) is 1. The lowest BCUT2D eigenvalue weighted by Crippen LogP contribution is -2.15. The molecule has 0 bridgehead atoms. The van der Waals surface area contributed by atoms with E-state index in [1.54, 1.807) is 7.11 Å². The molecule has 100 valence electrons. The van der Waals surface area contributed by atoms with Gasteiger partial charge in [-0.05, 0) is 48.4 Å². The van der Waals surface area contributed by atoms with Crippen molar-refractivity contribution in [2.24, 2.45) is 5.73 Å². The van der Waals surface area contributed by atoms with Gasteiger partial charge in [-0.1, -0.05) is 35.9 Å². The zero-order valence-electron chi connectivity index (χ0n) is 11.0. The minimum Gasteiger partial charge on any atom is -0.497 e. The lowest BCUT2D eigenvalue weighted by Gasteiger charge is -2.16. The zero-order chi connectivity index (χ0) is 13.7. The molecule has 1 atom stereocenters. The summed E-state index contributed by atoms with van der Waals surface area (Å²) in [5.41, 5.74) is 8.35. The minimum atomic E-state index is 0.288. The predicted octanol–water partition coefficient (Wildman–Crippen LogP) is 3.63. The second-order valence-electron chi connectivity index (χ2n) is 4.54. The van der Waals surface area contributed by atoms with Crippen LogP contribution in [-0.2, 0) is 6.42 Å². The Kier molecular flexibility index (Phi) is 4.83. The lowest BCUT2D eigenvalue weighted by atomic mass is 9.92. The molecule has 2 N–H and O–H groups in total. The van der Waals surface area contributed by atoms with Crippen LogP contribution in [-0.4, -0.2) is 13.7 Å². The van der Waals surface area contributed by atoms with E-state index in [2.05, 4.69) is 6.07 Å². The van der Waals surface area contributed by atoms with Gasteiger partial charge in [-0.15, -0.1) is 0 Å². The summed E-state index contributed by atoms with van der Waals surface area (Å²) in [5.74, 6) is 1.16. The maximum Gasteiger partial charge on any atom is 0.119 e. The van der Waals surface area contributed by atoms with Gasteiger partial charge < -0.3 is 10.5 Å². The van der Waals surface area contributed by atoms with Gasteiger partial charge in [-0.3, -0.25) is 0 Å². The first-order valence-corrected chi connectivity index (χ1v) is 6.69. The first-order valence-electron chi connectivity index (χ1n) is 6.31. The summed E-state index contributed by atoms with van der Waals surface area (Å²) in [5, 5.41) is 0.759. The van der Waals surface area contributed by atoms with Crippen LogP contribution in [0.1, 0.15) is 17.0 Å². The molecule has 19 heavy (non-hydrogen) atoms. The van der Waals surface area contributed by atoms with Crippen LogP contribution in [0.25, 0.3) is 0 Å². The van der Waals surface area contributed by atoms with E-state index < -0.39 is 0 Å². The molecule has 3 heteroatoms. The van der Waals surface area contributed by atoms with Crippen LogP contribution in [0.5, 0.6) is 5.75 Å². The third-order valence-electron chi connectivity index (χ3n) is 3.25. The fraction of sp³-hybridized carbons (Fsp3) is 0.250. The van der Waals surface area contributed by atoms with Crippen LogP contribution in [0.4, 0.5) is 0 Å². The van der Waals surface area contributed by atoms with Gasteiger partial charge in [0, 0.05) is 10.9 Å². The highest BCUT2D eigenvalue weighted by molar-refractivity contribution is 6.30.